The van der Waals surface area contributed by atoms with Gasteiger partial charge in [-0.3, -0.25) is 14.4 Å². The number of halogens is 1. The molecule has 9 nitrogen and oxygen atoms in total. The summed E-state index contributed by atoms with van der Waals surface area (Å²) >= 11 is 6.12. The molecular formula is C22H21ClN4O5S. The number of carbonyl (C=O) groups excluding carboxylic acids is 1. The fraction of sp³-hybridized carbons (Fsp3) is 0.318. The van der Waals surface area contributed by atoms with E-state index in [-0.39, 0.29) is 29.7 Å². The molecule has 2 aliphatic rings. The highest BCUT2D eigenvalue weighted by Gasteiger charge is 2.33. The first-order chi connectivity index (χ1) is 15.7. The van der Waals surface area contributed by atoms with E-state index in [1.807, 2.05) is 0 Å². The van der Waals surface area contributed by atoms with Crippen LogP contribution in [-0.4, -0.2) is 31.1 Å². The highest BCUT2D eigenvalue weighted by atomic mass is 35.5. The fourth-order valence-electron chi connectivity index (χ4n) is 3.68. The average Bonchev–Trinajstić information content (AvgIpc) is 3.51. The van der Waals surface area contributed by atoms with Crippen molar-refractivity contribution in [1.82, 2.24) is 10.1 Å². The van der Waals surface area contributed by atoms with Crippen LogP contribution in [0.4, 0.5) is 11.4 Å². The van der Waals surface area contributed by atoms with Gasteiger partial charge in [-0.25, -0.2) is 8.42 Å². The number of anilines is 2. The lowest BCUT2D eigenvalue weighted by molar-refractivity contribution is -0.121. The van der Waals surface area contributed by atoms with Gasteiger partial charge in [-0.2, -0.15) is 4.98 Å². The highest BCUT2D eigenvalue weighted by Crippen LogP contribution is 2.40. The third-order valence-electron chi connectivity index (χ3n) is 5.71. The standard InChI is InChI=1S/C22H21ClN4O5S/c1-12-8-17-18(9-19(12)33(29,30)26-16-5-3-4-15(23)13(16)2)31-11-21(28)27(17)10-20-24-22(32-25-20)14-6-7-14/h3-5,8-9,14,26H,6-7,10-11H2,1-2H3. The number of nitrogens with zero attached hydrogens (tertiary/aromatic N) is 3. The summed E-state index contributed by atoms with van der Waals surface area (Å²) in [6, 6.07) is 8.05. The van der Waals surface area contributed by atoms with Crippen molar-refractivity contribution in [3.63, 3.8) is 0 Å². The van der Waals surface area contributed by atoms with E-state index in [9.17, 15) is 13.2 Å². The maximum atomic E-state index is 13.2. The first kappa shape index (κ1) is 21.7. The third-order valence-corrected chi connectivity index (χ3v) is 7.63. The van der Waals surface area contributed by atoms with E-state index in [1.54, 1.807) is 38.1 Å². The Morgan fingerprint density at radius 3 is 2.79 bits per heavy atom. The number of ether oxygens (including phenoxy) is 1. The molecule has 172 valence electrons. The fourth-order valence-corrected chi connectivity index (χ4v) is 5.22. The molecule has 1 aliphatic carbocycles. The van der Waals surface area contributed by atoms with E-state index >= 15 is 0 Å². The predicted molar refractivity (Wildman–Crippen MR) is 121 cm³/mol. The minimum atomic E-state index is -3.94. The zero-order valence-corrected chi connectivity index (χ0v) is 19.5. The molecule has 3 aromatic rings. The van der Waals surface area contributed by atoms with Crippen LogP contribution in [-0.2, 0) is 21.4 Å². The van der Waals surface area contributed by atoms with E-state index in [0.717, 1.165) is 12.8 Å². The second-order valence-corrected chi connectivity index (χ2v) is 10.3. The molecule has 0 unspecified atom stereocenters. The van der Waals surface area contributed by atoms with Gasteiger partial charge in [-0.1, -0.05) is 22.8 Å². The van der Waals surface area contributed by atoms with Crippen LogP contribution in [0.1, 0.15) is 41.6 Å². The summed E-state index contributed by atoms with van der Waals surface area (Å²) in [4.78, 5) is 18.5. The Labute approximate surface area is 195 Å². The van der Waals surface area contributed by atoms with Crippen molar-refractivity contribution in [2.75, 3.05) is 16.2 Å². The Balaban J connectivity index is 1.46. The second-order valence-electron chi connectivity index (χ2n) is 8.20. The minimum Gasteiger partial charge on any atom is -0.482 e. The number of hydrogen-bond acceptors (Lipinski definition) is 7. The molecule has 11 heteroatoms. The topological polar surface area (TPSA) is 115 Å². The number of carbonyl (C=O) groups is 1. The monoisotopic (exact) mass is 488 g/mol. The van der Waals surface area contributed by atoms with E-state index in [1.165, 1.54) is 11.0 Å². The summed E-state index contributed by atoms with van der Waals surface area (Å²) in [7, 11) is -3.94. The highest BCUT2D eigenvalue weighted by molar-refractivity contribution is 7.92. The van der Waals surface area contributed by atoms with Crippen LogP contribution in [0.3, 0.4) is 0 Å². The molecule has 2 heterocycles. The van der Waals surface area contributed by atoms with E-state index in [0.29, 0.717) is 45.2 Å². The van der Waals surface area contributed by atoms with Crippen molar-refractivity contribution in [2.45, 2.75) is 44.0 Å². The summed E-state index contributed by atoms with van der Waals surface area (Å²) in [6.07, 6.45) is 2.06. The number of sulfonamides is 1. The zero-order chi connectivity index (χ0) is 23.3. The van der Waals surface area contributed by atoms with Crippen LogP contribution in [0.5, 0.6) is 5.75 Å². The number of rotatable bonds is 6. The number of benzene rings is 2. The second kappa shape index (κ2) is 8.03. The lowest BCUT2D eigenvalue weighted by atomic mass is 10.1. The predicted octanol–water partition coefficient (Wildman–Crippen LogP) is 3.94. The van der Waals surface area contributed by atoms with E-state index in [4.69, 9.17) is 20.9 Å². The van der Waals surface area contributed by atoms with Crippen molar-refractivity contribution in [3.05, 3.63) is 58.2 Å². The lowest BCUT2D eigenvalue weighted by Gasteiger charge is -2.29. The molecule has 1 aliphatic heterocycles. The van der Waals surface area contributed by atoms with E-state index in [2.05, 4.69) is 14.9 Å². The maximum absolute atomic E-state index is 13.2. The molecule has 1 aromatic heterocycles. The molecule has 0 spiro atoms. The van der Waals surface area contributed by atoms with Crippen molar-refractivity contribution in [1.29, 1.82) is 0 Å². The Morgan fingerprint density at radius 1 is 1.24 bits per heavy atom. The quantitative estimate of drug-likeness (QED) is 0.558. The van der Waals surface area contributed by atoms with Gasteiger partial charge in [-0.15, -0.1) is 0 Å². The van der Waals surface area contributed by atoms with Crippen LogP contribution in [0, 0.1) is 13.8 Å². The number of amides is 1. The smallest absolute Gasteiger partial charge is 0.265 e. The van der Waals surface area contributed by atoms with Crippen molar-refractivity contribution >= 4 is 38.9 Å². The minimum absolute atomic E-state index is 0.0468. The number of fused-ring (bicyclic) bond motifs is 1. The zero-order valence-electron chi connectivity index (χ0n) is 18.0. The first-order valence-electron chi connectivity index (χ1n) is 10.4. The molecule has 1 saturated carbocycles. The molecule has 2 aromatic carbocycles. The first-order valence-corrected chi connectivity index (χ1v) is 12.3. The molecular weight excluding hydrogens is 468 g/mol. The Hall–Kier alpha value is -3.11. The van der Waals surface area contributed by atoms with Crippen LogP contribution in [0.2, 0.25) is 5.02 Å². The largest absolute Gasteiger partial charge is 0.482 e. The molecule has 0 radical (unpaired) electrons. The third kappa shape index (κ3) is 4.16. The summed E-state index contributed by atoms with van der Waals surface area (Å²) in [5, 5.41) is 4.44. The van der Waals surface area contributed by atoms with Gasteiger partial charge in [0, 0.05) is 17.0 Å². The van der Waals surface area contributed by atoms with Crippen molar-refractivity contribution < 1.29 is 22.5 Å². The van der Waals surface area contributed by atoms with Gasteiger partial charge >= 0.3 is 0 Å². The van der Waals surface area contributed by atoms with Crippen LogP contribution >= 0.6 is 11.6 Å². The summed E-state index contributed by atoms with van der Waals surface area (Å²) in [6.45, 7) is 3.29. The van der Waals surface area contributed by atoms with Crippen LogP contribution < -0.4 is 14.4 Å². The Morgan fingerprint density at radius 2 is 2.03 bits per heavy atom. The van der Waals surface area contributed by atoms with Crippen molar-refractivity contribution in [2.24, 2.45) is 0 Å². The van der Waals surface area contributed by atoms with Gasteiger partial charge < -0.3 is 9.26 Å². The van der Waals surface area contributed by atoms with Gasteiger partial charge in [-0.05, 0) is 56.0 Å². The summed E-state index contributed by atoms with van der Waals surface area (Å²) in [5.41, 5.74) is 1.92. The maximum Gasteiger partial charge on any atom is 0.265 e. The molecule has 33 heavy (non-hydrogen) atoms. The van der Waals surface area contributed by atoms with E-state index < -0.39 is 10.0 Å². The molecule has 1 N–H and O–H groups in total. The molecule has 0 saturated heterocycles. The lowest BCUT2D eigenvalue weighted by Crippen LogP contribution is -2.38. The summed E-state index contributed by atoms with van der Waals surface area (Å²) in [5.74, 6) is 1.30. The van der Waals surface area contributed by atoms with Gasteiger partial charge in [0.2, 0.25) is 5.89 Å². The van der Waals surface area contributed by atoms with Gasteiger partial charge in [0.25, 0.3) is 15.9 Å². The average molecular weight is 489 g/mol. The van der Waals surface area contributed by atoms with Crippen LogP contribution in [0.25, 0.3) is 0 Å². The van der Waals surface area contributed by atoms with Crippen molar-refractivity contribution in [3.8, 4) is 5.75 Å². The number of hydrogen-bond donors (Lipinski definition) is 1. The van der Waals surface area contributed by atoms with Gasteiger partial charge in [0.15, 0.2) is 12.4 Å². The molecule has 1 fully saturated rings. The normalized spacial score (nSPS) is 15.8. The molecule has 0 bridgehead atoms. The molecule has 1 amide bonds. The van der Waals surface area contributed by atoms with Gasteiger partial charge in [0.05, 0.1) is 22.8 Å². The number of aromatic nitrogens is 2. The molecule has 5 rings (SSSR count). The van der Waals surface area contributed by atoms with Gasteiger partial charge in [0.1, 0.15) is 5.75 Å². The Bertz CT molecular complexity index is 1370. The number of aryl methyl sites for hydroxylation is 1. The van der Waals surface area contributed by atoms with Crippen LogP contribution in [0.15, 0.2) is 39.8 Å². The SMILES string of the molecule is Cc1cc2c(cc1S(=O)(=O)Nc1cccc(Cl)c1C)OCC(=O)N2Cc1noc(C2CC2)n1. The Kier molecular flexibility index (Phi) is 5.29. The number of nitrogens with one attached hydrogen (secondary N) is 1. The summed E-state index contributed by atoms with van der Waals surface area (Å²) < 4.78 is 39.8. The molecule has 0 atom stereocenters.